The number of hydrogen-bond acceptors (Lipinski definition) is 2. The quantitative estimate of drug-likeness (QED) is 0.802. The molecule has 0 spiro atoms. The molecule has 2 nitrogen and oxygen atoms in total. The molecule has 0 amide bonds. The van der Waals surface area contributed by atoms with Gasteiger partial charge in [-0.05, 0) is 60.7 Å². The smallest absolute Gasteiger partial charge is 0.146 e. The van der Waals surface area contributed by atoms with E-state index in [1.807, 2.05) is 31.2 Å². The molecule has 0 bridgehead atoms. The lowest BCUT2D eigenvalue weighted by atomic mass is 10.1. The molecule has 0 aromatic heterocycles. The molecular weight excluding hydrogens is 239 g/mol. The van der Waals surface area contributed by atoms with E-state index in [0.29, 0.717) is 5.69 Å². The van der Waals surface area contributed by atoms with Crippen LogP contribution in [0.25, 0.3) is 0 Å². The minimum absolute atomic E-state index is 0.174. The van der Waals surface area contributed by atoms with Gasteiger partial charge in [0.25, 0.3) is 0 Å². The van der Waals surface area contributed by atoms with E-state index in [1.54, 1.807) is 12.1 Å². The zero-order chi connectivity index (χ0) is 13.4. The number of fused-ring (bicyclic) bond motifs is 1. The monoisotopic (exact) mass is 256 g/mol. The first-order valence-electron chi connectivity index (χ1n) is 6.54. The number of benzene rings is 2. The second-order valence-electron chi connectivity index (χ2n) is 5.18. The minimum atomic E-state index is -0.191. The number of anilines is 2. The summed E-state index contributed by atoms with van der Waals surface area (Å²) in [6, 6.07) is 11.4. The topological polar surface area (TPSA) is 38.0 Å². The lowest BCUT2D eigenvalue weighted by Gasteiger charge is -2.16. The standard InChI is InChI=1S/C16H17FN2/c1-10-2-6-16(14(17)8-10)19-15-7-3-11-9-12(18)4-5-13(11)15/h2,4-6,8-9,15,19H,3,7,18H2,1H3. The zero-order valence-corrected chi connectivity index (χ0v) is 10.9. The molecule has 0 radical (unpaired) electrons. The van der Waals surface area contributed by atoms with Gasteiger partial charge in [-0.2, -0.15) is 0 Å². The van der Waals surface area contributed by atoms with Crippen molar-refractivity contribution in [3.05, 3.63) is 58.9 Å². The number of halogens is 1. The SMILES string of the molecule is Cc1ccc(NC2CCc3cc(N)ccc32)c(F)c1. The third kappa shape index (κ3) is 2.28. The highest BCUT2D eigenvalue weighted by Crippen LogP contribution is 2.35. The molecule has 3 heteroatoms. The van der Waals surface area contributed by atoms with Crippen LogP contribution >= 0.6 is 0 Å². The maximum atomic E-state index is 13.9. The van der Waals surface area contributed by atoms with Gasteiger partial charge in [-0.1, -0.05) is 12.1 Å². The van der Waals surface area contributed by atoms with Crippen LogP contribution in [0.4, 0.5) is 15.8 Å². The normalized spacial score (nSPS) is 17.3. The molecule has 3 rings (SSSR count). The van der Waals surface area contributed by atoms with Crippen molar-refractivity contribution >= 4 is 11.4 Å². The van der Waals surface area contributed by atoms with Crippen LogP contribution in [0.2, 0.25) is 0 Å². The highest BCUT2D eigenvalue weighted by Gasteiger charge is 2.22. The summed E-state index contributed by atoms with van der Waals surface area (Å²) in [6.07, 6.45) is 1.97. The first kappa shape index (κ1) is 12.0. The lowest BCUT2D eigenvalue weighted by molar-refractivity contribution is 0.623. The molecule has 1 aliphatic carbocycles. The Morgan fingerprint density at radius 2 is 2.05 bits per heavy atom. The Bertz CT molecular complexity index is 622. The molecule has 0 heterocycles. The average molecular weight is 256 g/mol. The molecule has 19 heavy (non-hydrogen) atoms. The first-order valence-corrected chi connectivity index (χ1v) is 6.54. The fourth-order valence-corrected chi connectivity index (χ4v) is 2.71. The summed E-state index contributed by atoms with van der Waals surface area (Å²) in [6.45, 7) is 1.89. The van der Waals surface area contributed by atoms with Crippen LogP contribution in [0.15, 0.2) is 36.4 Å². The molecule has 2 aromatic rings. The van der Waals surface area contributed by atoms with Gasteiger partial charge in [0, 0.05) is 5.69 Å². The third-order valence-corrected chi connectivity index (χ3v) is 3.70. The van der Waals surface area contributed by atoms with Crippen molar-refractivity contribution in [3.63, 3.8) is 0 Å². The highest BCUT2D eigenvalue weighted by atomic mass is 19.1. The van der Waals surface area contributed by atoms with Crippen LogP contribution in [0.3, 0.4) is 0 Å². The molecule has 0 fully saturated rings. The summed E-state index contributed by atoms with van der Waals surface area (Å²) in [4.78, 5) is 0. The number of nitrogen functional groups attached to an aromatic ring is 1. The Morgan fingerprint density at radius 3 is 2.84 bits per heavy atom. The van der Waals surface area contributed by atoms with E-state index >= 15 is 0 Å². The van der Waals surface area contributed by atoms with E-state index in [1.165, 1.54) is 11.1 Å². The van der Waals surface area contributed by atoms with Gasteiger partial charge in [0.15, 0.2) is 0 Å². The Kier molecular flexibility index (Phi) is 2.90. The van der Waals surface area contributed by atoms with Crippen LogP contribution in [-0.2, 0) is 6.42 Å². The zero-order valence-electron chi connectivity index (χ0n) is 10.9. The van der Waals surface area contributed by atoms with Gasteiger partial charge < -0.3 is 11.1 Å². The summed E-state index contributed by atoms with van der Waals surface area (Å²) in [5, 5.41) is 3.30. The van der Waals surface area contributed by atoms with E-state index in [4.69, 9.17) is 5.73 Å². The fraction of sp³-hybridized carbons (Fsp3) is 0.250. The summed E-state index contributed by atoms with van der Waals surface area (Å²) >= 11 is 0. The Hall–Kier alpha value is -2.03. The van der Waals surface area contributed by atoms with Crippen molar-refractivity contribution in [2.24, 2.45) is 0 Å². The van der Waals surface area contributed by atoms with E-state index < -0.39 is 0 Å². The summed E-state index contributed by atoms with van der Waals surface area (Å²) in [7, 11) is 0. The predicted octanol–water partition coefficient (Wildman–Crippen LogP) is 3.82. The molecule has 1 atom stereocenters. The van der Waals surface area contributed by atoms with Crippen molar-refractivity contribution in [1.82, 2.24) is 0 Å². The molecule has 1 aliphatic rings. The number of nitrogens with one attached hydrogen (secondary N) is 1. The maximum absolute atomic E-state index is 13.9. The van der Waals surface area contributed by atoms with Gasteiger partial charge >= 0.3 is 0 Å². The third-order valence-electron chi connectivity index (χ3n) is 3.70. The predicted molar refractivity (Wildman–Crippen MR) is 76.7 cm³/mol. The first-order chi connectivity index (χ1) is 9.13. The second kappa shape index (κ2) is 4.57. The van der Waals surface area contributed by atoms with Crippen molar-refractivity contribution in [2.45, 2.75) is 25.8 Å². The van der Waals surface area contributed by atoms with Crippen molar-refractivity contribution in [1.29, 1.82) is 0 Å². The summed E-state index contributed by atoms with van der Waals surface area (Å²) < 4.78 is 13.9. The maximum Gasteiger partial charge on any atom is 0.146 e. The van der Waals surface area contributed by atoms with Crippen LogP contribution < -0.4 is 11.1 Å². The lowest BCUT2D eigenvalue weighted by Crippen LogP contribution is -2.08. The van der Waals surface area contributed by atoms with E-state index in [2.05, 4.69) is 5.32 Å². The largest absolute Gasteiger partial charge is 0.399 e. The second-order valence-corrected chi connectivity index (χ2v) is 5.18. The van der Waals surface area contributed by atoms with Crippen LogP contribution in [0, 0.1) is 12.7 Å². The number of aryl methyl sites for hydroxylation is 2. The fourth-order valence-electron chi connectivity index (χ4n) is 2.71. The summed E-state index contributed by atoms with van der Waals surface area (Å²) in [5.41, 5.74) is 10.6. The molecule has 3 N–H and O–H groups in total. The number of hydrogen-bond donors (Lipinski definition) is 2. The highest BCUT2D eigenvalue weighted by molar-refractivity contribution is 5.53. The molecular formula is C16H17FN2. The van der Waals surface area contributed by atoms with Gasteiger partial charge in [0.05, 0.1) is 11.7 Å². The number of nitrogens with two attached hydrogens (primary N) is 1. The van der Waals surface area contributed by atoms with Crippen molar-refractivity contribution < 1.29 is 4.39 Å². The molecule has 0 saturated heterocycles. The Labute approximate surface area is 112 Å². The Morgan fingerprint density at radius 1 is 1.21 bits per heavy atom. The van der Waals surface area contributed by atoms with Gasteiger partial charge in [0.2, 0.25) is 0 Å². The minimum Gasteiger partial charge on any atom is -0.399 e. The average Bonchev–Trinajstić information content (AvgIpc) is 2.75. The molecule has 0 aliphatic heterocycles. The van der Waals surface area contributed by atoms with E-state index in [-0.39, 0.29) is 11.9 Å². The summed E-state index contributed by atoms with van der Waals surface area (Å²) in [5.74, 6) is -0.191. The van der Waals surface area contributed by atoms with Gasteiger partial charge in [-0.3, -0.25) is 0 Å². The van der Waals surface area contributed by atoms with Gasteiger partial charge in [0.1, 0.15) is 5.82 Å². The number of rotatable bonds is 2. The Balaban J connectivity index is 1.86. The van der Waals surface area contributed by atoms with E-state index in [9.17, 15) is 4.39 Å². The molecule has 98 valence electrons. The van der Waals surface area contributed by atoms with E-state index in [0.717, 1.165) is 24.1 Å². The molecule has 1 unspecified atom stereocenters. The molecule has 2 aromatic carbocycles. The van der Waals surface area contributed by atoms with Crippen molar-refractivity contribution in [2.75, 3.05) is 11.1 Å². The van der Waals surface area contributed by atoms with Gasteiger partial charge in [-0.25, -0.2) is 4.39 Å². The van der Waals surface area contributed by atoms with Crippen LogP contribution in [-0.4, -0.2) is 0 Å². The van der Waals surface area contributed by atoms with Crippen molar-refractivity contribution in [3.8, 4) is 0 Å². The van der Waals surface area contributed by atoms with Crippen LogP contribution in [0.5, 0.6) is 0 Å². The van der Waals surface area contributed by atoms with Gasteiger partial charge in [-0.15, -0.1) is 0 Å². The van der Waals surface area contributed by atoms with Crippen LogP contribution in [0.1, 0.15) is 29.2 Å². The molecule has 0 saturated carbocycles.